The van der Waals surface area contributed by atoms with Crippen LogP contribution in [0.4, 0.5) is 18.9 Å². The van der Waals surface area contributed by atoms with Gasteiger partial charge in [0.05, 0.1) is 10.0 Å². The Morgan fingerprint density at radius 2 is 1.80 bits per heavy atom. The van der Waals surface area contributed by atoms with Crippen molar-refractivity contribution >= 4 is 27.5 Å². The predicted molar refractivity (Wildman–Crippen MR) is 93.8 cm³/mol. The molecule has 0 aliphatic rings. The van der Waals surface area contributed by atoms with E-state index in [0.717, 1.165) is 22.2 Å². The molecule has 2 aromatic rings. The number of carbonyl (C=O) groups is 1. The Morgan fingerprint density at radius 3 is 2.32 bits per heavy atom. The summed E-state index contributed by atoms with van der Waals surface area (Å²) in [6.45, 7) is 3.89. The van der Waals surface area contributed by atoms with Crippen molar-refractivity contribution in [2.45, 2.75) is 25.9 Å². The number of ether oxygens (including phenoxy) is 1. The van der Waals surface area contributed by atoms with Gasteiger partial charge in [-0.2, -0.15) is 13.2 Å². The summed E-state index contributed by atoms with van der Waals surface area (Å²) in [5.41, 5.74) is 0.639. The van der Waals surface area contributed by atoms with Crippen molar-refractivity contribution in [2.75, 3.05) is 11.9 Å². The highest BCUT2D eigenvalue weighted by Crippen LogP contribution is 2.30. The van der Waals surface area contributed by atoms with Crippen LogP contribution in [0, 0.1) is 0 Å². The second-order valence-electron chi connectivity index (χ2n) is 5.76. The normalized spacial score (nSPS) is 11.5. The lowest BCUT2D eigenvalue weighted by molar-refractivity contribution is -0.137. The average Bonchev–Trinajstić information content (AvgIpc) is 2.53. The van der Waals surface area contributed by atoms with Crippen LogP contribution in [-0.2, 0) is 11.0 Å². The Labute approximate surface area is 152 Å². The summed E-state index contributed by atoms with van der Waals surface area (Å²) in [6, 6.07) is 9.84. The fourth-order valence-electron chi connectivity index (χ4n) is 2.08. The number of carbonyl (C=O) groups excluding carboxylic acids is 1. The lowest BCUT2D eigenvalue weighted by atomic mass is 10.0. The minimum absolute atomic E-state index is 0.249. The molecule has 0 aliphatic heterocycles. The van der Waals surface area contributed by atoms with Crippen LogP contribution in [0.1, 0.15) is 30.9 Å². The summed E-state index contributed by atoms with van der Waals surface area (Å²) in [5.74, 6) is 0.430. The number of anilines is 1. The number of rotatable bonds is 5. The zero-order valence-electron chi connectivity index (χ0n) is 13.7. The van der Waals surface area contributed by atoms with Gasteiger partial charge in [0, 0.05) is 5.69 Å². The van der Waals surface area contributed by atoms with E-state index in [1.54, 1.807) is 6.07 Å². The summed E-state index contributed by atoms with van der Waals surface area (Å²) in [7, 11) is 0. The van der Waals surface area contributed by atoms with Crippen LogP contribution in [0.5, 0.6) is 5.75 Å². The zero-order valence-corrected chi connectivity index (χ0v) is 15.2. The van der Waals surface area contributed by atoms with Crippen molar-refractivity contribution in [3.8, 4) is 5.75 Å². The Morgan fingerprint density at radius 1 is 1.16 bits per heavy atom. The van der Waals surface area contributed by atoms with Crippen LogP contribution in [0.15, 0.2) is 46.9 Å². The van der Waals surface area contributed by atoms with Gasteiger partial charge in [0.25, 0.3) is 5.91 Å². The standard InChI is InChI=1S/C18H17BrF3NO2/c1-11(2)12-3-8-16(15(19)9-12)25-10-17(24)23-14-6-4-13(5-7-14)18(20,21)22/h3-9,11H,10H2,1-2H3,(H,23,24). The van der Waals surface area contributed by atoms with E-state index in [2.05, 4.69) is 35.1 Å². The maximum Gasteiger partial charge on any atom is 0.416 e. The molecule has 0 saturated heterocycles. The van der Waals surface area contributed by atoms with E-state index in [1.165, 1.54) is 12.1 Å². The number of hydrogen-bond donors (Lipinski definition) is 1. The van der Waals surface area contributed by atoms with Gasteiger partial charge in [-0.05, 0) is 63.8 Å². The maximum absolute atomic E-state index is 12.5. The number of halogens is 4. The Hall–Kier alpha value is -2.02. The monoisotopic (exact) mass is 415 g/mol. The van der Waals surface area contributed by atoms with Crippen molar-refractivity contribution in [3.63, 3.8) is 0 Å². The second-order valence-corrected chi connectivity index (χ2v) is 6.61. The molecule has 0 radical (unpaired) electrons. The largest absolute Gasteiger partial charge is 0.483 e. The highest BCUT2D eigenvalue weighted by atomic mass is 79.9. The first kappa shape index (κ1) is 19.3. The van der Waals surface area contributed by atoms with Gasteiger partial charge in [-0.1, -0.05) is 19.9 Å². The topological polar surface area (TPSA) is 38.3 Å². The molecular formula is C18H17BrF3NO2. The van der Waals surface area contributed by atoms with E-state index >= 15 is 0 Å². The lowest BCUT2D eigenvalue weighted by Gasteiger charge is -2.12. The second kappa shape index (κ2) is 7.91. The molecule has 0 heterocycles. The van der Waals surface area contributed by atoms with Gasteiger partial charge in [0.1, 0.15) is 5.75 Å². The minimum Gasteiger partial charge on any atom is -0.483 e. The SMILES string of the molecule is CC(C)c1ccc(OCC(=O)Nc2ccc(C(F)(F)F)cc2)c(Br)c1. The van der Waals surface area contributed by atoms with Crippen LogP contribution >= 0.6 is 15.9 Å². The Balaban J connectivity index is 1.93. The van der Waals surface area contributed by atoms with Crippen LogP contribution in [0.25, 0.3) is 0 Å². The molecule has 0 saturated carbocycles. The summed E-state index contributed by atoms with van der Waals surface area (Å²) >= 11 is 3.40. The number of alkyl halides is 3. The molecule has 2 rings (SSSR count). The third kappa shape index (κ3) is 5.49. The van der Waals surface area contributed by atoms with Gasteiger partial charge in [0.15, 0.2) is 6.61 Å². The number of hydrogen-bond acceptors (Lipinski definition) is 2. The minimum atomic E-state index is -4.40. The highest BCUT2D eigenvalue weighted by Gasteiger charge is 2.29. The van der Waals surface area contributed by atoms with Gasteiger partial charge in [0.2, 0.25) is 0 Å². The van der Waals surface area contributed by atoms with E-state index in [1.807, 2.05) is 12.1 Å². The molecule has 1 N–H and O–H groups in total. The molecule has 0 unspecified atom stereocenters. The molecule has 25 heavy (non-hydrogen) atoms. The molecule has 134 valence electrons. The summed E-state index contributed by atoms with van der Waals surface area (Å²) in [5, 5.41) is 2.49. The number of benzene rings is 2. The molecule has 0 atom stereocenters. The van der Waals surface area contributed by atoms with Gasteiger partial charge < -0.3 is 10.1 Å². The van der Waals surface area contributed by atoms with Crippen LogP contribution in [0.2, 0.25) is 0 Å². The Bertz CT molecular complexity index is 743. The van der Waals surface area contributed by atoms with Gasteiger partial charge in [-0.15, -0.1) is 0 Å². The molecule has 1 amide bonds. The van der Waals surface area contributed by atoms with E-state index < -0.39 is 17.6 Å². The van der Waals surface area contributed by atoms with Gasteiger partial charge in [-0.25, -0.2) is 0 Å². The third-order valence-electron chi connectivity index (χ3n) is 3.48. The molecule has 0 aliphatic carbocycles. The summed E-state index contributed by atoms with van der Waals surface area (Å²) in [6.07, 6.45) is -4.40. The van der Waals surface area contributed by atoms with Gasteiger partial charge >= 0.3 is 6.18 Å². The molecular weight excluding hydrogens is 399 g/mol. The van der Waals surface area contributed by atoms with Crippen LogP contribution < -0.4 is 10.1 Å². The first-order valence-corrected chi connectivity index (χ1v) is 8.35. The summed E-state index contributed by atoms with van der Waals surface area (Å²) < 4.78 is 43.7. The molecule has 7 heteroatoms. The molecule has 2 aromatic carbocycles. The van der Waals surface area contributed by atoms with Crippen LogP contribution in [0.3, 0.4) is 0 Å². The van der Waals surface area contributed by atoms with Crippen LogP contribution in [-0.4, -0.2) is 12.5 Å². The van der Waals surface area contributed by atoms with Crippen molar-refractivity contribution in [1.82, 2.24) is 0 Å². The van der Waals surface area contributed by atoms with E-state index in [-0.39, 0.29) is 12.3 Å². The number of amides is 1. The van der Waals surface area contributed by atoms with E-state index in [9.17, 15) is 18.0 Å². The smallest absolute Gasteiger partial charge is 0.416 e. The average molecular weight is 416 g/mol. The van der Waals surface area contributed by atoms with Crippen molar-refractivity contribution < 1.29 is 22.7 Å². The quantitative estimate of drug-likeness (QED) is 0.688. The molecule has 3 nitrogen and oxygen atoms in total. The Kier molecular flexibility index (Phi) is 6.11. The van der Waals surface area contributed by atoms with Crippen molar-refractivity contribution in [3.05, 3.63) is 58.1 Å². The van der Waals surface area contributed by atoms with E-state index in [4.69, 9.17) is 4.74 Å². The summed E-state index contributed by atoms with van der Waals surface area (Å²) in [4.78, 5) is 11.9. The first-order chi connectivity index (χ1) is 11.7. The molecule has 0 bridgehead atoms. The van der Waals surface area contributed by atoms with E-state index in [0.29, 0.717) is 11.7 Å². The van der Waals surface area contributed by atoms with Gasteiger partial charge in [-0.3, -0.25) is 4.79 Å². The van der Waals surface area contributed by atoms with Crippen molar-refractivity contribution in [2.24, 2.45) is 0 Å². The lowest BCUT2D eigenvalue weighted by Crippen LogP contribution is -2.20. The fraction of sp³-hybridized carbons (Fsp3) is 0.278. The first-order valence-electron chi connectivity index (χ1n) is 7.56. The fourth-order valence-corrected chi connectivity index (χ4v) is 2.59. The third-order valence-corrected chi connectivity index (χ3v) is 4.10. The molecule has 0 fully saturated rings. The zero-order chi connectivity index (χ0) is 18.6. The molecule has 0 spiro atoms. The van der Waals surface area contributed by atoms with Crippen molar-refractivity contribution in [1.29, 1.82) is 0 Å². The maximum atomic E-state index is 12.5. The highest BCUT2D eigenvalue weighted by molar-refractivity contribution is 9.10. The molecule has 0 aromatic heterocycles. The number of nitrogens with one attached hydrogen (secondary N) is 1. The predicted octanol–water partition coefficient (Wildman–Crippen LogP) is 5.61.